The molecule has 128 valence electrons. The van der Waals surface area contributed by atoms with Crippen molar-refractivity contribution >= 4 is 0 Å². The summed E-state index contributed by atoms with van der Waals surface area (Å²) in [5.74, 6) is -2.69. The molecule has 0 aromatic heterocycles. The quantitative estimate of drug-likeness (QED) is 0.634. The van der Waals surface area contributed by atoms with Crippen molar-refractivity contribution in [2.45, 2.75) is 37.9 Å². The van der Waals surface area contributed by atoms with Crippen LogP contribution in [-0.4, -0.2) is 32.6 Å². The lowest BCUT2D eigenvalue weighted by Crippen LogP contribution is -2.63. The Balaban J connectivity index is 1.96. The minimum absolute atomic E-state index is 0.108. The first-order chi connectivity index (χ1) is 11.2. The molecule has 1 fully saturated rings. The van der Waals surface area contributed by atoms with Gasteiger partial charge in [-0.25, -0.2) is 0 Å². The second-order valence-electron chi connectivity index (χ2n) is 6.38. The first-order valence-corrected chi connectivity index (χ1v) is 7.59. The third kappa shape index (κ3) is 2.35. The largest absolute Gasteiger partial charge is 0.851 e. The third-order valence-corrected chi connectivity index (χ3v) is 4.82. The topological polar surface area (TPSA) is 127 Å². The fraction of sp³-hybridized carbons (Fsp3) is 0.333. The molecule has 0 spiro atoms. The van der Waals surface area contributed by atoms with E-state index < -0.39 is 24.0 Å². The number of hydrogen-bond acceptors (Lipinski definition) is 6. The van der Waals surface area contributed by atoms with Crippen LogP contribution in [-0.2, 0) is 0 Å². The zero-order valence-electron chi connectivity index (χ0n) is 13.2. The van der Waals surface area contributed by atoms with Crippen molar-refractivity contribution < 1.29 is 30.6 Å². The summed E-state index contributed by atoms with van der Waals surface area (Å²) in [5.41, 5.74) is 1.37. The van der Waals surface area contributed by atoms with E-state index in [0.717, 1.165) is 12.1 Å². The van der Waals surface area contributed by atoms with Gasteiger partial charge in [0.2, 0.25) is 0 Å². The molecule has 4 N–H and O–H groups in total. The van der Waals surface area contributed by atoms with Gasteiger partial charge < -0.3 is 30.6 Å². The molecule has 0 heterocycles. The maximum atomic E-state index is 12.6. The minimum atomic E-state index is -1.34. The highest BCUT2D eigenvalue weighted by Gasteiger charge is 2.41. The summed E-state index contributed by atoms with van der Waals surface area (Å²) in [4.78, 5) is 0. The summed E-state index contributed by atoms with van der Waals surface area (Å²) in [6.07, 6.45) is -2.67. The van der Waals surface area contributed by atoms with Gasteiger partial charge in [0.15, 0.2) is 0 Å². The average Bonchev–Trinajstić information content (AvgIpc) is 2.50. The molecule has 0 unspecified atom stereocenters. The van der Waals surface area contributed by atoms with Gasteiger partial charge in [0.25, 0.3) is 0 Å². The number of phenolic OH excluding ortho intramolecular Hbond substituents is 4. The van der Waals surface area contributed by atoms with Gasteiger partial charge in [-0.1, -0.05) is 0 Å². The first-order valence-electron chi connectivity index (χ1n) is 7.59. The molecular weight excluding hydrogens is 312 g/mol. The summed E-state index contributed by atoms with van der Waals surface area (Å²) in [6, 6.07) is 5.14. The fourth-order valence-electron chi connectivity index (χ4n) is 3.33. The second-order valence-corrected chi connectivity index (χ2v) is 6.38. The monoisotopic (exact) mass is 330 g/mol. The molecular formula is C18H18O6-2. The molecule has 0 radical (unpaired) electrons. The smallest absolute Gasteiger partial charge is 0.122 e. The van der Waals surface area contributed by atoms with Gasteiger partial charge in [0, 0.05) is 12.1 Å². The van der Waals surface area contributed by atoms with Gasteiger partial charge in [0.1, 0.15) is 23.0 Å². The lowest BCUT2D eigenvalue weighted by atomic mass is 9.62. The Morgan fingerprint density at radius 3 is 1.29 bits per heavy atom. The molecule has 24 heavy (non-hydrogen) atoms. The lowest BCUT2D eigenvalue weighted by Gasteiger charge is -2.61. The fourth-order valence-corrected chi connectivity index (χ4v) is 3.33. The van der Waals surface area contributed by atoms with Crippen LogP contribution in [0.2, 0.25) is 0 Å². The summed E-state index contributed by atoms with van der Waals surface area (Å²) in [5, 5.41) is 64.3. The van der Waals surface area contributed by atoms with E-state index >= 15 is 0 Å². The minimum Gasteiger partial charge on any atom is -0.851 e. The van der Waals surface area contributed by atoms with Crippen molar-refractivity contribution in [3.05, 3.63) is 46.5 Å². The van der Waals surface area contributed by atoms with Crippen LogP contribution >= 0.6 is 0 Å². The maximum Gasteiger partial charge on any atom is 0.122 e. The predicted molar refractivity (Wildman–Crippen MR) is 82.1 cm³/mol. The van der Waals surface area contributed by atoms with E-state index in [1.165, 1.54) is 12.1 Å². The molecule has 2 aromatic carbocycles. The van der Waals surface area contributed by atoms with Gasteiger partial charge >= 0.3 is 0 Å². The van der Waals surface area contributed by atoms with Crippen LogP contribution in [0.5, 0.6) is 23.0 Å². The molecule has 6 nitrogen and oxygen atoms in total. The van der Waals surface area contributed by atoms with Crippen LogP contribution in [0.15, 0.2) is 24.3 Å². The molecule has 0 saturated heterocycles. The number of aryl methyl sites for hydroxylation is 2. The van der Waals surface area contributed by atoms with Crippen LogP contribution in [0.4, 0.5) is 0 Å². The highest BCUT2D eigenvalue weighted by molar-refractivity contribution is 5.52. The van der Waals surface area contributed by atoms with E-state index in [-0.39, 0.29) is 34.1 Å². The SMILES string of the molecule is Cc1cc(C2C([O-])C(c3cc(C)c(O)cc3O)C2[O-])c(O)cc1O. The summed E-state index contributed by atoms with van der Waals surface area (Å²) >= 11 is 0. The zero-order chi connectivity index (χ0) is 17.8. The predicted octanol–water partition coefficient (Wildman–Crippen LogP) is 0.465. The molecule has 0 amide bonds. The maximum absolute atomic E-state index is 12.6. The standard InChI is InChI=1S/C18H18O6/c1-7-3-9(13(21)5-11(7)19)15-17(23)16(18(15)24)10-4-8(2)12(20)6-14(10)22/h3-6,15-22H,1-2H3/q-2. The van der Waals surface area contributed by atoms with E-state index in [9.17, 15) is 30.6 Å². The Morgan fingerprint density at radius 2 is 0.958 bits per heavy atom. The van der Waals surface area contributed by atoms with Gasteiger partial charge in [-0.3, -0.25) is 0 Å². The first kappa shape index (κ1) is 16.4. The van der Waals surface area contributed by atoms with Crippen molar-refractivity contribution in [2.24, 2.45) is 0 Å². The van der Waals surface area contributed by atoms with Crippen molar-refractivity contribution in [2.75, 3.05) is 0 Å². The van der Waals surface area contributed by atoms with E-state index in [2.05, 4.69) is 0 Å². The van der Waals surface area contributed by atoms with Crippen LogP contribution in [0, 0.1) is 13.8 Å². The van der Waals surface area contributed by atoms with Gasteiger partial charge in [-0.05, 0) is 60.1 Å². The number of aromatic hydroxyl groups is 4. The van der Waals surface area contributed by atoms with E-state index in [4.69, 9.17) is 0 Å². The van der Waals surface area contributed by atoms with Crippen LogP contribution in [0.25, 0.3) is 0 Å². The Kier molecular flexibility index (Phi) is 3.81. The molecule has 6 heteroatoms. The van der Waals surface area contributed by atoms with Crippen molar-refractivity contribution in [3.63, 3.8) is 0 Å². The Labute approximate surface area is 138 Å². The van der Waals surface area contributed by atoms with Crippen molar-refractivity contribution in [1.29, 1.82) is 0 Å². The van der Waals surface area contributed by atoms with Crippen LogP contribution in [0.3, 0.4) is 0 Å². The molecule has 3 rings (SSSR count). The van der Waals surface area contributed by atoms with Gasteiger partial charge in [-0.15, -0.1) is 12.2 Å². The molecule has 0 aliphatic heterocycles. The van der Waals surface area contributed by atoms with Crippen LogP contribution in [0.1, 0.15) is 34.1 Å². The summed E-state index contributed by atoms with van der Waals surface area (Å²) in [7, 11) is 0. The van der Waals surface area contributed by atoms with Gasteiger partial charge in [0.05, 0.1) is 0 Å². The molecule has 1 aliphatic carbocycles. The number of hydrogen-bond donors (Lipinski definition) is 4. The highest BCUT2D eigenvalue weighted by Crippen LogP contribution is 2.50. The van der Waals surface area contributed by atoms with E-state index in [1.54, 1.807) is 13.8 Å². The van der Waals surface area contributed by atoms with Crippen molar-refractivity contribution in [1.82, 2.24) is 0 Å². The summed E-state index contributed by atoms with van der Waals surface area (Å²) in [6.45, 7) is 3.23. The van der Waals surface area contributed by atoms with Crippen LogP contribution < -0.4 is 10.2 Å². The number of benzene rings is 2. The number of rotatable bonds is 2. The Morgan fingerprint density at radius 1 is 0.625 bits per heavy atom. The Bertz CT molecular complexity index is 725. The molecule has 1 aliphatic rings. The highest BCUT2D eigenvalue weighted by atomic mass is 16.3. The number of phenols is 4. The third-order valence-electron chi connectivity index (χ3n) is 4.82. The molecule has 1 saturated carbocycles. The molecule has 2 aromatic rings. The molecule has 0 bridgehead atoms. The van der Waals surface area contributed by atoms with E-state index in [1.807, 2.05) is 0 Å². The molecule has 0 atom stereocenters. The normalized spacial score (nSPS) is 26.2. The summed E-state index contributed by atoms with van der Waals surface area (Å²) < 4.78 is 0. The zero-order valence-corrected chi connectivity index (χ0v) is 13.2. The van der Waals surface area contributed by atoms with Gasteiger partial charge in [-0.2, -0.15) is 0 Å². The second kappa shape index (κ2) is 5.58. The lowest BCUT2D eigenvalue weighted by molar-refractivity contribution is -0.536. The Hall–Kier alpha value is -2.44. The van der Waals surface area contributed by atoms with Crippen molar-refractivity contribution in [3.8, 4) is 23.0 Å². The van der Waals surface area contributed by atoms with E-state index in [0.29, 0.717) is 11.1 Å². The average molecular weight is 330 g/mol.